The third-order valence-electron chi connectivity index (χ3n) is 3.23. The van der Waals surface area contributed by atoms with E-state index in [9.17, 15) is 4.39 Å². The summed E-state index contributed by atoms with van der Waals surface area (Å²) < 4.78 is 16.4. The Morgan fingerprint density at radius 3 is 2.95 bits per heavy atom. The predicted octanol–water partition coefficient (Wildman–Crippen LogP) is 4.11. The van der Waals surface area contributed by atoms with Gasteiger partial charge in [0.05, 0.1) is 11.0 Å². The molecule has 2 aromatic carbocycles. The molecule has 1 aromatic heterocycles. The number of nitrogens with zero attached hydrogens (tertiary/aromatic N) is 1. The quantitative estimate of drug-likeness (QED) is 0.490. The Bertz CT molecular complexity index is 842. The van der Waals surface area contributed by atoms with E-state index < -0.39 is 0 Å². The molecule has 0 fully saturated rings. The SMILES string of the molecule is Fc1ccc2cc3c4c(ccc3nc2c1)C=CNS4. The highest BCUT2D eigenvalue weighted by atomic mass is 32.2. The topological polar surface area (TPSA) is 24.9 Å². The average Bonchev–Trinajstić information content (AvgIpc) is 2.45. The monoisotopic (exact) mass is 268 g/mol. The zero-order chi connectivity index (χ0) is 12.8. The van der Waals surface area contributed by atoms with Crippen LogP contribution in [0, 0.1) is 5.82 Å². The first-order valence-corrected chi connectivity index (χ1v) is 6.75. The summed E-state index contributed by atoms with van der Waals surface area (Å²) in [7, 11) is 0. The fraction of sp³-hybridized carbons (Fsp3) is 0. The standard InChI is InChI=1S/C15H9FN2S/c16-11-3-1-10-7-12-13(18-14(10)8-11)4-2-9-5-6-17-19-15(9)12/h1-8,17H. The zero-order valence-electron chi connectivity index (χ0n) is 9.85. The predicted molar refractivity (Wildman–Crippen MR) is 77.2 cm³/mol. The van der Waals surface area contributed by atoms with Gasteiger partial charge in [-0.3, -0.25) is 0 Å². The molecule has 0 atom stereocenters. The fourth-order valence-electron chi connectivity index (χ4n) is 2.33. The molecule has 0 unspecified atom stereocenters. The summed E-state index contributed by atoms with van der Waals surface area (Å²) in [6.07, 6.45) is 3.96. The third kappa shape index (κ3) is 1.68. The lowest BCUT2D eigenvalue weighted by atomic mass is 10.1. The van der Waals surface area contributed by atoms with E-state index in [1.807, 2.05) is 24.4 Å². The lowest BCUT2D eigenvalue weighted by Crippen LogP contribution is -1.99. The number of hydrogen-bond acceptors (Lipinski definition) is 3. The molecule has 92 valence electrons. The van der Waals surface area contributed by atoms with Crippen molar-refractivity contribution in [1.82, 2.24) is 9.71 Å². The number of hydrogen-bond donors (Lipinski definition) is 1. The van der Waals surface area contributed by atoms with Crippen molar-refractivity contribution in [2.45, 2.75) is 4.90 Å². The first-order chi connectivity index (χ1) is 9.31. The number of aromatic nitrogens is 1. The van der Waals surface area contributed by atoms with Crippen LogP contribution >= 0.6 is 11.9 Å². The minimum Gasteiger partial charge on any atom is -0.332 e. The number of benzene rings is 2. The van der Waals surface area contributed by atoms with Gasteiger partial charge >= 0.3 is 0 Å². The molecule has 1 aliphatic rings. The molecule has 19 heavy (non-hydrogen) atoms. The van der Waals surface area contributed by atoms with Gasteiger partial charge < -0.3 is 4.72 Å². The van der Waals surface area contributed by atoms with Gasteiger partial charge in [-0.2, -0.15) is 0 Å². The van der Waals surface area contributed by atoms with Gasteiger partial charge in [-0.15, -0.1) is 0 Å². The number of halogens is 1. The summed E-state index contributed by atoms with van der Waals surface area (Å²) in [5.41, 5.74) is 2.76. The molecule has 1 N–H and O–H groups in total. The molecule has 0 spiro atoms. The van der Waals surface area contributed by atoms with E-state index in [2.05, 4.69) is 15.8 Å². The molecule has 1 aliphatic heterocycles. The summed E-state index contributed by atoms with van der Waals surface area (Å²) >= 11 is 1.58. The van der Waals surface area contributed by atoms with Crippen LogP contribution in [0.5, 0.6) is 0 Å². The molecule has 0 saturated carbocycles. The third-order valence-corrected chi connectivity index (χ3v) is 4.14. The molecule has 0 bridgehead atoms. The highest BCUT2D eigenvalue weighted by molar-refractivity contribution is 7.97. The van der Waals surface area contributed by atoms with Crippen molar-refractivity contribution in [3.8, 4) is 0 Å². The largest absolute Gasteiger partial charge is 0.332 e. The molecule has 2 nitrogen and oxygen atoms in total. The number of nitrogens with one attached hydrogen (secondary N) is 1. The van der Waals surface area contributed by atoms with E-state index in [-0.39, 0.29) is 5.82 Å². The second-order valence-corrected chi connectivity index (χ2v) is 5.28. The molecule has 4 rings (SSSR count). The van der Waals surface area contributed by atoms with E-state index in [4.69, 9.17) is 0 Å². The van der Waals surface area contributed by atoms with E-state index in [1.54, 1.807) is 18.0 Å². The van der Waals surface area contributed by atoms with E-state index in [0.717, 1.165) is 16.3 Å². The van der Waals surface area contributed by atoms with E-state index >= 15 is 0 Å². The molecular weight excluding hydrogens is 259 g/mol. The Labute approximate surface area is 113 Å². The van der Waals surface area contributed by atoms with Crippen molar-refractivity contribution in [2.24, 2.45) is 0 Å². The van der Waals surface area contributed by atoms with Gasteiger partial charge in [-0.05, 0) is 47.9 Å². The maximum Gasteiger partial charge on any atom is 0.125 e. The van der Waals surface area contributed by atoms with E-state index in [0.29, 0.717) is 5.52 Å². The van der Waals surface area contributed by atoms with Crippen LogP contribution in [-0.2, 0) is 0 Å². The van der Waals surface area contributed by atoms with Crippen molar-refractivity contribution in [3.05, 3.63) is 54.0 Å². The van der Waals surface area contributed by atoms with Gasteiger partial charge in [0.2, 0.25) is 0 Å². The van der Waals surface area contributed by atoms with Gasteiger partial charge in [0.15, 0.2) is 0 Å². The molecule has 3 aromatic rings. The normalized spacial score (nSPS) is 13.5. The highest BCUT2D eigenvalue weighted by Gasteiger charge is 2.11. The first-order valence-electron chi connectivity index (χ1n) is 5.93. The van der Waals surface area contributed by atoms with Crippen molar-refractivity contribution >= 4 is 39.8 Å². The maximum absolute atomic E-state index is 13.2. The summed E-state index contributed by atoms with van der Waals surface area (Å²) in [5.74, 6) is -0.253. The zero-order valence-corrected chi connectivity index (χ0v) is 10.7. The molecule has 0 saturated heterocycles. The summed E-state index contributed by atoms with van der Waals surface area (Å²) in [6, 6.07) is 10.8. The van der Waals surface area contributed by atoms with Crippen LogP contribution in [0.2, 0.25) is 0 Å². The van der Waals surface area contributed by atoms with Gasteiger partial charge in [0.25, 0.3) is 0 Å². The van der Waals surface area contributed by atoms with Crippen molar-refractivity contribution in [2.75, 3.05) is 0 Å². The van der Waals surface area contributed by atoms with Crippen LogP contribution in [0.1, 0.15) is 5.56 Å². The second kappa shape index (κ2) is 3.96. The molecular formula is C15H9FN2S. The Balaban J connectivity index is 2.12. The molecule has 0 amide bonds. The lowest BCUT2D eigenvalue weighted by Gasteiger charge is -2.13. The van der Waals surface area contributed by atoms with Gasteiger partial charge in [0, 0.05) is 27.9 Å². The van der Waals surface area contributed by atoms with Crippen LogP contribution in [0.3, 0.4) is 0 Å². The summed E-state index contributed by atoms with van der Waals surface area (Å²) in [5, 5.41) is 2.05. The smallest absolute Gasteiger partial charge is 0.125 e. The Morgan fingerprint density at radius 2 is 2.00 bits per heavy atom. The van der Waals surface area contributed by atoms with E-state index in [1.165, 1.54) is 22.6 Å². The van der Waals surface area contributed by atoms with Gasteiger partial charge in [0.1, 0.15) is 5.82 Å². The highest BCUT2D eigenvalue weighted by Crippen LogP contribution is 2.34. The minimum absolute atomic E-state index is 0.253. The maximum atomic E-state index is 13.2. The van der Waals surface area contributed by atoms with Gasteiger partial charge in [-0.25, -0.2) is 9.37 Å². The second-order valence-electron chi connectivity index (χ2n) is 4.43. The minimum atomic E-state index is -0.253. The molecule has 2 heterocycles. The molecule has 0 radical (unpaired) electrons. The average molecular weight is 268 g/mol. The van der Waals surface area contributed by atoms with Crippen molar-refractivity contribution < 1.29 is 4.39 Å². The Morgan fingerprint density at radius 1 is 1.05 bits per heavy atom. The Kier molecular flexibility index (Phi) is 2.26. The number of rotatable bonds is 0. The molecule has 0 aliphatic carbocycles. The molecule has 4 heteroatoms. The fourth-order valence-corrected chi connectivity index (χ4v) is 3.11. The number of pyridine rings is 1. The van der Waals surface area contributed by atoms with Crippen molar-refractivity contribution in [1.29, 1.82) is 0 Å². The summed E-state index contributed by atoms with van der Waals surface area (Å²) in [4.78, 5) is 5.71. The van der Waals surface area contributed by atoms with Crippen LogP contribution < -0.4 is 4.72 Å². The van der Waals surface area contributed by atoms with Crippen molar-refractivity contribution in [3.63, 3.8) is 0 Å². The van der Waals surface area contributed by atoms with Crippen LogP contribution in [0.15, 0.2) is 47.5 Å². The Hall–Kier alpha value is -2.07. The van der Waals surface area contributed by atoms with Crippen LogP contribution in [-0.4, -0.2) is 4.98 Å². The number of fused-ring (bicyclic) bond motifs is 4. The van der Waals surface area contributed by atoms with Crippen LogP contribution in [0.4, 0.5) is 4.39 Å². The van der Waals surface area contributed by atoms with Gasteiger partial charge in [-0.1, -0.05) is 6.07 Å². The summed E-state index contributed by atoms with van der Waals surface area (Å²) in [6.45, 7) is 0. The lowest BCUT2D eigenvalue weighted by molar-refractivity contribution is 0.629. The van der Waals surface area contributed by atoms with Crippen LogP contribution in [0.25, 0.3) is 27.9 Å². The first kappa shape index (κ1) is 10.8.